The molecular formula is C41H45FN4O5. The van der Waals surface area contributed by atoms with E-state index in [4.69, 9.17) is 4.74 Å². The smallest absolute Gasteiger partial charge is 0.255 e. The first kappa shape index (κ1) is 36.8. The molecule has 0 aromatic heterocycles. The molecule has 1 heterocycles. The monoisotopic (exact) mass is 692 g/mol. The molecule has 9 nitrogen and oxygen atoms in total. The molecule has 4 aromatic carbocycles. The standard InChI is InChI=1S/C41H45FN4O5/c1-41(2,30-18-20-31(42)21-19-30)27-43-39(49)34-22-23-37(47)44-35(25-29-14-8-5-9-15-29)40(50)46(3)32(24-28-12-6-4-7-13-28)26-51-36-17-11-10-16-33(36)38(48)45-34/h4-21,32,34-35H,22-27H2,1-3H3,(H,43,49)(H,44,47)(H,45,48)/t32-,34+,35+/m1/s1. The molecule has 4 aromatic rings. The molecule has 5 rings (SSSR count). The van der Waals surface area contributed by atoms with Crippen LogP contribution in [-0.4, -0.2) is 66.9 Å². The third-order valence-corrected chi connectivity index (χ3v) is 9.30. The van der Waals surface area contributed by atoms with Crippen molar-refractivity contribution in [2.75, 3.05) is 20.2 Å². The highest BCUT2D eigenvalue weighted by Gasteiger charge is 2.32. The van der Waals surface area contributed by atoms with Gasteiger partial charge in [-0.3, -0.25) is 19.2 Å². The number of nitrogens with zero attached hydrogens (tertiary/aromatic N) is 1. The number of fused-ring (bicyclic) bond motifs is 1. The maximum absolute atomic E-state index is 14.2. The molecule has 0 aliphatic carbocycles. The van der Waals surface area contributed by atoms with Crippen molar-refractivity contribution in [1.29, 1.82) is 0 Å². The number of likely N-dealkylation sites (N-methyl/N-ethyl adjacent to an activating group) is 1. The van der Waals surface area contributed by atoms with Gasteiger partial charge in [0.1, 0.15) is 30.3 Å². The zero-order valence-corrected chi connectivity index (χ0v) is 29.2. The van der Waals surface area contributed by atoms with Crippen molar-refractivity contribution in [3.63, 3.8) is 0 Å². The number of carbonyl (C=O) groups is 4. The summed E-state index contributed by atoms with van der Waals surface area (Å²) >= 11 is 0. The van der Waals surface area contributed by atoms with Crippen LogP contribution in [0.2, 0.25) is 0 Å². The summed E-state index contributed by atoms with van der Waals surface area (Å²) in [7, 11) is 1.70. The van der Waals surface area contributed by atoms with Crippen molar-refractivity contribution >= 4 is 23.6 Å². The normalized spacial score (nSPS) is 19.0. The largest absolute Gasteiger partial charge is 0.491 e. The lowest BCUT2D eigenvalue weighted by atomic mass is 9.84. The number of nitrogens with one attached hydrogen (secondary N) is 3. The van der Waals surface area contributed by atoms with Gasteiger partial charge in [-0.15, -0.1) is 0 Å². The second-order valence-corrected chi connectivity index (χ2v) is 13.6. The molecule has 1 aliphatic heterocycles. The quantitative estimate of drug-likeness (QED) is 0.241. The minimum atomic E-state index is -1.08. The highest BCUT2D eigenvalue weighted by Crippen LogP contribution is 2.24. The van der Waals surface area contributed by atoms with E-state index in [9.17, 15) is 23.6 Å². The Bertz CT molecular complexity index is 1800. The average Bonchev–Trinajstić information content (AvgIpc) is 3.14. The van der Waals surface area contributed by atoms with E-state index in [2.05, 4.69) is 16.0 Å². The van der Waals surface area contributed by atoms with Gasteiger partial charge >= 0.3 is 0 Å². The molecule has 0 fully saturated rings. The number of benzene rings is 4. The Morgan fingerprint density at radius 3 is 2.12 bits per heavy atom. The number of para-hydroxylation sites is 1. The maximum Gasteiger partial charge on any atom is 0.255 e. The Morgan fingerprint density at radius 1 is 0.843 bits per heavy atom. The van der Waals surface area contributed by atoms with E-state index < -0.39 is 41.3 Å². The minimum Gasteiger partial charge on any atom is -0.491 e. The van der Waals surface area contributed by atoms with Crippen molar-refractivity contribution in [3.05, 3.63) is 137 Å². The van der Waals surface area contributed by atoms with E-state index in [0.29, 0.717) is 12.2 Å². The number of carbonyl (C=O) groups excluding carboxylic acids is 4. The first-order valence-corrected chi connectivity index (χ1v) is 17.2. The zero-order chi connectivity index (χ0) is 36.4. The third-order valence-electron chi connectivity index (χ3n) is 9.30. The molecule has 0 saturated carbocycles. The van der Waals surface area contributed by atoms with Crippen LogP contribution >= 0.6 is 0 Å². The van der Waals surface area contributed by atoms with Crippen LogP contribution in [0.3, 0.4) is 0 Å². The molecule has 0 saturated heterocycles. The fraction of sp³-hybridized carbons (Fsp3) is 0.317. The first-order valence-electron chi connectivity index (χ1n) is 17.2. The van der Waals surface area contributed by atoms with Gasteiger partial charge in [0.25, 0.3) is 5.91 Å². The molecule has 4 amide bonds. The molecule has 10 heteroatoms. The molecule has 266 valence electrons. The minimum absolute atomic E-state index is 0.0257. The molecule has 0 bridgehead atoms. The van der Waals surface area contributed by atoms with Gasteiger partial charge in [0.15, 0.2) is 0 Å². The van der Waals surface area contributed by atoms with E-state index in [0.717, 1.165) is 16.7 Å². The number of halogens is 1. The summed E-state index contributed by atoms with van der Waals surface area (Å²) in [4.78, 5) is 56.8. The number of hydrogen-bond acceptors (Lipinski definition) is 5. The number of amides is 4. The van der Waals surface area contributed by atoms with Crippen LogP contribution in [0.4, 0.5) is 4.39 Å². The number of hydrogen-bond donors (Lipinski definition) is 3. The zero-order valence-electron chi connectivity index (χ0n) is 29.2. The van der Waals surface area contributed by atoms with Gasteiger partial charge in [-0.05, 0) is 53.8 Å². The molecule has 3 atom stereocenters. The van der Waals surface area contributed by atoms with Crippen LogP contribution in [0, 0.1) is 5.82 Å². The molecule has 51 heavy (non-hydrogen) atoms. The molecule has 3 N–H and O–H groups in total. The second kappa shape index (κ2) is 16.9. The fourth-order valence-electron chi connectivity index (χ4n) is 6.12. The highest BCUT2D eigenvalue weighted by molar-refractivity contribution is 6.00. The predicted molar refractivity (Wildman–Crippen MR) is 194 cm³/mol. The van der Waals surface area contributed by atoms with Crippen molar-refractivity contribution in [2.45, 2.75) is 63.1 Å². The molecule has 0 unspecified atom stereocenters. The summed E-state index contributed by atoms with van der Waals surface area (Å²) in [5.74, 6) is -1.78. The molecule has 0 spiro atoms. The van der Waals surface area contributed by atoms with Crippen molar-refractivity contribution in [1.82, 2.24) is 20.9 Å². The number of ether oxygens (including phenoxy) is 1. The lowest BCUT2D eigenvalue weighted by Gasteiger charge is -2.32. The predicted octanol–water partition coefficient (Wildman–Crippen LogP) is 4.99. The van der Waals surface area contributed by atoms with Crippen LogP contribution < -0.4 is 20.7 Å². The Morgan fingerprint density at radius 2 is 1.45 bits per heavy atom. The van der Waals surface area contributed by atoms with E-state index >= 15 is 0 Å². The lowest BCUT2D eigenvalue weighted by Crippen LogP contribution is -2.53. The number of rotatable bonds is 8. The summed E-state index contributed by atoms with van der Waals surface area (Å²) in [5.41, 5.74) is 2.36. The Kier molecular flexibility index (Phi) is 12.2. The Balaban J connectivity index is 1.43. The van der Waals surface area contributed by atoms with E-state index in [1.165, 1.54) is 12.1 Å². The maximum atomic E-state index is 14.2. The summed E-state index contributed by atoms with van der Waals surface area (Å²) in [5, 5.41) is 8.67. The summed E-state index contributed by atoms with van der Waals surface area (Å²) < 4.78 is 19.9. The Labute approximate surface area is 298 Å². The topological polar surface area (TPSA) is 117 Å². The Hall–Kier alpha value is -5.51. The fourth-order valence-corrected chi connectivity index (χ4v) is 6.12. The lowest BCUT2D eigenvalue weighted by molar-refractivity contribution is -0.137. The van der Waals surface area contributed by atoms with Crippen LogP contribution in [-0.2, 0) is 32.6 Å². The van der Waals surface area contributed by atoms with E-state index in [1.807, 2.05) is 74.5 Å². The van der Waals surface area contributed by atoms with Gasteiger partial charge < -0.3 is 25.6 Å². The summed E-state index contributed by atoms with van der Waals surface area (Å²) in [6.07, 6.45) is 0.576. The SMILES string of the molecule is CN1C(=O)[C@H](Cc2ccccc2)NC(=O)CC[C@@H](C(=O)NCC(C)(C)c2ccc(F)cc2)NC(=O)c2ccccc2OC[C@H]1Cc1ccccc1. The van der Waals surface area contributed by atoms with E-state index in [-0.39, 0.29) is 49.7 Å². The summed E-state index contributed by atoms with van der Waals surface area (Å²) in [6, 6.07) is 29.6. The van der Waals surface area contributed by atoms with E-state index in [1.54, 1.807) is 48.3 Å². The first-order chi connectivity index (χ1) is 24.5. The van der Waals surface area contributed by atoms with Crippen molar-refractivity contribution in [3.8, 4) is 5.75 Å². The molecule has 1 aliphatic rings. The van der Waals surface area contributed by atoms with Gasteiger partial charge in [-0.25, -0.2) is 4.39 Å². The van der Waals surface area contributed by atoms with Crippen LogP contribution in [0.15, 0.2) is 109 Å². The van der Waals surface area contributed by atoms with Gasteiger partial charge in [-0.2, -0.15) is 0 Å². The van der Waals surface area contributed by atoms with Crippen molar-refractivity contribution in [2.24, 2.45) is 0 Å². The van der Waals surface area contributed by atoms with Gasteiger partial charge in [0.2, 0.25) is 17.7 Å². The van der Waals surface area contributed by atoms with Crippen LogP contribution in [0.5, 0.6) is 5.75 Å². The molecular weight excluding hydrogens is 647 g/mol. The van der Waals surface area contributed by atoms with Crippen molar-refractivity contribution < 1.29 is 28.3 Å². The van der Waals surface area contributed by atoms with Gasteiger partial charge in [0, 0.05) is 31.8 Å². The van der Waals surface area contributed by atoms with Crippen LogP contribution in [0.25, 0.3) is 0 Å². The summed E-state index contributed by atoms with van der Waals surface area (Å²) in [6.45, 7) is 4.10. The molecule has 0 radical (unpaired) electrons. The third kappa shape index (κ3) is 10.0. The van der Waals surface area contributed by atoms with Gasteiger partial charge in [0.05, 0.1) is 11.6 Å². The van der Waals surface area contributed by atoms with Crippen LogP contribution in [0.1, 0.15) is 53.7 Å². The second-order valence-electron chi connectivity index (χ2n) is 13.6. The highest BCUT2D eigenvalue weighted by atomic mass is 19.1. The van der Waals surface area contributed by atoms with Gasteiger partial charge in [-0.1, -0.05) is 98.8 Å². The average molecular weight is 693 g/mol.